The summed E-state index contributed by atoms with van der Waals surface area (Å²) in [5, 5.41) is 28.2. The Bertz CT molecular complexity index is 448. The van der Waals surface area contributed by atoms with Gasteiger partial charge >= 0.3 is 12.0 Å². The molecule has 0 saturated carbocycles. The SMILES string of the molecule is O=[N+]([O-])c1c(O)cnc(CO)c1OC(F)(F)F. The van der Waals surface area contributed by atoms with Crippen LogP contribution in [0.25, 0.3) is 0 Å². The number of aliphatic hydroxyl groups excluding tert-OH is 1. The Morgan fingerprint density at radius 3 is 2.53 bits per heavy atom. The fourth-order valence-corrected chi connectivity index (χ4v) is 1.02. The van der Waals surface area contributed by atoms with Gasteiger partial charge in [0.2, 0.25) is 11.5 Å². The zero-order chi connectivity index (χ0) is 13.2. The maximum atomic E-state index is 12.0. The molecule has 0 aliphatic carbocycles. The van der Waals surface area contributed by atoms with Gasteiger partial charge in [-0.05, 0) is 0 Å². The lowest BCUT2D eigenvalue weighted by Gasteiger charge is -2.11. The number of nitrogens with zero attached hydrogens (tertiary/aromatic N) is 2. The fourth-order valence-electron chi connectivity index (χ4n) is 1.02. The van der Waals surface area contributed by atoms with Crippen molar-refractivity contribution in [1.29, 1.82) is 0 Å². The zero-order valence-corrected chi connectivity index (χ0v) is 7.93. The summed E-state index contributed by atoms with van der Waals surface area (Å²) >= 11 is 0. The van der Waals surface area contributed by atoms with E-state index >= 15 is 0 Å². The monoisotopic (exact) mass is 254 g/mol. The molecule has 0 aliphatic rings. The standard InChI is InChI=1S/C7H5F3N2O5/c8-7(9,10)17-6-3(2-13)11-1-4(14)5(6)12(15)16/h1,13-14H,2H2. The van der Waals surface area contributed by atoms with Gasteiger partial charge in [0.05, 0.1) is 17.7 Å². The number of aliphatic hydroxyl groups is 1. The van der Waals surface area contributed by atoms with Crippen LogP contribution in [0.2, 0.25) is 0 Å². The van der Waals surface area contributed by atoms with E-state index in [0.717, 1.165) is 0 Å². The van der Waals surface area contributed by atoms with Gasteiger partial charge in [-0.25, -0.2) is 0 Å². The van der Waals surface area contributed by atoms with E-state index < -0.39 is 40.8 Å². The van der Waals surface area contributed by atoms with Gasteiger partial charge in [-0.15, -0.1) is 13.2 Å². The van der Waals surface area contributed by atoms with Crippen molar-refractivity contribution in [2.24, 2.45) is 0 Å². The van der Waals surface area contributed by atoms with Gasteiger partial charge in [0.1, 0.15) is 5.69 Å². The molecule has 1 heterocycles. The van der Waals surface area contributed by atoms with Crippen molar-refractivity contribution in [1.82, 2.24) is 4.98 Å². The highest BCUT2D eigenvalue weighted by atomic mass is 19.4. The van der Waals surface area contributed by atoms with Crippen molar-refractivity contribution < 1.29 is 33.0 Å². The highest BCUT2D eigenvalue weighted by molar-refractivity contribution is 5.57. The second-order valence-corrected chi connectivity index (χ2v) is 2.73. The van der Waals surface area contributed by atoms with Crippen LogP contribution in [0.3, 0.4) is 0 Å². The molecule has 1 rings (SSSR count). The number of hydrogen-bond donors (Lipinski definition) is 2. The minimum absolute atomic E-state index is 0.549. The topological polar surface area (TPSA) is 106 Å². The quantitative estimate of drug-likeness (QED) is 0.617. The first-order valence-corrected chi connectivity index (χ1v) is 3.98. The molecule has 2 N–H and O–H groups in total. The molecule has 0 saturated heterocycles. The molecule has 94 valence electrons. The lowest BCUT2D eigenvalue weighted by Crippen LogP contribution is -2.19. The van der Waals surface area contributed by atoms with Crippen LogP contribution in [0, 0.1) is 10.1 Å². The number of pyridine rings is 1. The molecule has 17 heavy (non-hydrogen) atoms. The predicted molar refractivity (Wildman–Crippen MR) is 45.2 cm³/mol. The Kier molecular flexibility index (Phi) is 3.36. The third-order valence-corrected chi connectivity index (χ3v) is 1.61. The number of nitro groups is 1. The highest BCUT2D eigenvalue weighted by Gasteiger charge is 2.37. The Labute approximate surface area is 91.2 Å². The molecule has 10 heteroatoms. The number of halogens is 3. The molecule has 0 fully saturated rings. The molecule has 7 nitrogen and oxygen atoms in total. The van der Waals surface area contributed by atoms with Crippen LogP contribution in [0.15, 0.2) is 6.20 Å². The van der Waals surface area contributed by atoms with E-state index in [1.54, 1.807) is 0 Å². The first-order valence-electron chi connectivity index (χ1n) is 3.98. The van der Waals surface area contributed by atoms with E-state index in [-0.39, 0.29) is 0 Å². The van der Waals surface area contributed by atoms with Crippen LogP contribution in [0.4, 0.5) is 18.9 Å². The minimum atomic E-state index is -5.20. The highest BCUT2D eigenvalue weighted by Crippen LogP contribution is 2.40. The van der Waals surface area contributed by atoms with Crippen molar-refractivity contribution in [2.75, 3.05) is 0 Å². The van der Waals surface area contributed by atoms with Crippen LogP contribution in [-0.2, 0) is 6.61 Å². The minimum Gasteiger partial charge on any atom is -0.501 e. The maximum Gasteiger partial charge on any atom is 0.573 e. The zero-order valence-electron chi connectivity index (χ0n) is 7.93. The molecule has 0 spiro atoms. The molecular weight excluding hydrogens is 249 g/mol. The summed E-state index contributed by atoms with van der Waals surface area (Å²) in [6.07, 6.45) is -4.66. The number of aromatic nitrogens is 1. The van der Waals surface area contributed by atoms with Crippen molar-refractivity contribution >= 4 is 5.69 Å². The van der Waals surface area contributed by atoms with Gasteiger partial charge in [-0.3, -0.25) is 15.1 Å². The van der Waals surface area contributed by atoms with Gasteiger partial charge in [0, 0.05) is 0 Å². The molecule has 1 aromatic heterocycles. The van der Waals surface area contributed by atoms with Crippen LogP contribution in [0.1, 0.15) is 5.69 Å². The van der Waals surface area contributed by atoms with E-state index in [1.165, 1.54) is 0 Å². The average molecular weight is 254 g/mol. The first kappa shape index (κ1) is 13.0. The van der Waals surface area contributed by atoms with Gasteiger partial charge in [0.25, 0.3) is 0 Å². The number of alkyl halides is 3. The summed E-state index contributed by atoms with van der Waals surface area (Å²) in [5.74, 6) is -2.42. The average Bonchev–Trinajstić information content (AvgIpc) is 2.15. The maximum absolute atomic E-state index is 12.0. The van der Waals surface area contributed by atoms with Crippen molar-refractivity contribution in [3.8, 4) is 11.5 Å². The molecule has 0 radical (unpaired) electrons. The molecule has 0 aromatic carbocycles. The van der Waals surface area contributed by atoms with Gasteiger partial charge in [-0.2, -0.15) is 0 Å². The van der Waals surface area contributed by atoms with Crippen LogP contribution in [-0.4, -0.2) is 26.5 Å². The number of aromatic hydroxyl groups is 1. The summed E-state index contributed by atoms with van der Waals surface area (Å²) in [6, 6.07) is 0. The molecule has 0 atom stereocenters. The molecule has 0 aliphatic heterocycles. The number of hydrogen-bond acceptors (Lipinski definition) is 6. The summed E-state index contributed by atoms with van der Waals surface area (Å²) < 4.78 is 39.4. The van der Waals surface area contributed by atoms with Crippen LogP contribution >= 0.6 is 0 Å². The lowest BCUT2D eigenvalue weighted by atomic mass is 10.3. The van der Waals surface area contributed by atoms with E-state index in [9.17, 15) is 23.3 Å². The molecule has 1 aromatic rings. The van der Waals surface area contributed by atoms with E-state index in [1.807, 2.05) is 0 Å². The fraction of sp³-hybridized carbons (Fsp3) is 0.286. The lowest BCUT2D eigenvalue weighted by molar-refractivity contribution is -0.389. The summed E-state index contributed by atoms with van der Waals surface area (Å²) in [4.78, 5) is 12.4. The van der Waals surface area contributed by atoms with Crippen molar-refractivity contribution in [3.63, 3.8) is 0 Å². The van der Waals surface area contributed by atoms with Crippen molar-refractivity contribution in [2.45, 2.75) is 13.0 Å². The Hall–Kier alpha value is -2.10. The summed E-state index contributed by atoms with van der Waals surface area (Å²) in [7, 11) is 0. The third-order valence-electron chi connectivity index (χ3n) is 1.61. The number of ether oxygens (including phenoxy) is 1. The molecular formula is C7H5F3N2O5. The van der Waals surface area contributed by atoms with E-state index in [2.05, 4.69) is 9.72 Å². The second-order valence-electron chi connectivity index (χ2n) is 2.73. The van der Waals surface area contributed by atoms with Crippen LogP contribution < -0.4 is 4.74 Å². The largest absolute Gasteiger partial charge is 0.573 e. The van der Waals surface area contributed by atoms with E-state index in [4.69, 9.17) is 10.2 Å². The van der Waals surface area contributed by atoms with E-state index in [0.29, 0.717) is 6.20 Å². The molecule has 0 bridgehead atoms. The summed E-state index contributed by atoms with van der Waals surface area (Å²) in [5.41, 5.74) is -2.01. The Morgan fingerprint density at radius 2 is 2.12 bits per heavy atom. The smallest absolute Gasteiger partial charge is 0.501 e. The molecule has 0 amide bonds. The van der Waals surface area contributed by atoms with Crippen LogP contribution in [0.5, 0.6) is 11.5 Å². The van der Waals surface area contributed by atoms with Gasteiger partial charge in [0.15, 0.2) is 0 Å². The van der Waals surface area contributed by atoms with Crippen molar-refractivity contribution in [3.05, 3.63) is 22.0 Å². The molecule has 0 unspecified atom stereocenters. The van der Waals surface area contributed by atoms with Gasteiger partial charge < -0.3 is 14.9 Å². The first-order chi connectivity index (χ1) is 7.76. The third kappa shape index (κ3) is 2.93. The normalized spacial score (nSPS) is 11.3. The summed E-state index contributed by atoms with van der Waals surface area (Å²) in [6.45, 7) is -1.01. The van der Waals surface area contributed by atoms with Gasteiger partial charge in [-0.1, -0.05) is 0 Å². The Morgan fingerprint density at radius 1 is 1.53 bits per heavy atom. The Balaban J connectivity index is 3.40. The number of rotatable bonds is 3. The predicted octanol–water partition coefficient (Wildman–Crippen LogP) is 1.09. The second kappa shape index (κ2) is 4.41.